The van der Waals surface area contributed by atoms with Crippen molar-refractivity contribution in [1.82, 2.24) is 15.2 Å². The lowest BCUT2D eigenvalue weighted by Gasteiger charge is -2.38. The van der Waals surface area contributed by atoms with Crippen LogP contribution < -0.4 is 10.2 Å². The molecule has 2 saturated heterocycles. The van der Waals surface area contributed by atoms with Crippen LogP contribution in [0.1, 0.15) is 25.3 Å². The Morgan fingerprint density at radius 3 is 2.89 bits per heavy atom. The summed E-state index contributed by atoms with van der Waals surface area (Å²) in [4.78, 5) is 21.7. The molecule has 148 valence electrons. The molecule has 1 aromatic carbocycles. The highest BCUT2D eigenvalue weighted by Crippen LogP contribution is 2.33. The van der Waals surface area contributed by atoms with Gasteiger partial charge in [-0.1, -0.05) is 0 Å². The van der Waals surface area contributed by atoms with E-state index in [1.54, 1.807) is 5.51 Å². The second kappa shape index (κ2) is 8.03. The number of rotatable bonds is 3. The van der Waals surface area contributed by atoms with E-state index in [1.165, 1.54) is 11.3 Å². The van der Waals surface area contributed by atoms with Crippen molar-refractivity contribution in [2.45, 2.75) is 38.0 Å². The van der Waals surface area contributed by atoms with E-state index >= 15 is 0 Å². The first kappa shape index (κ1) is 19.1. The van der Waals surface area contributed by atoms with Crippen LogP contribution in [0.15, 0.2) is 17.6 Å². The molecule has 1 amide bonds. The van der Waals surface area contributed by atoms with Crippen molar-refractivity contribution in [3.05, 3.63) is 23.2 Å². The Hall–Kier alpha value is -2.21. The lowest BCUT2D eigenvalue weighted by Crippen LogP contribution is -2.55. The zero-order valence-electron chi connectivity index (χ0n) is 16.2. The van der Waals surface area contributed by atoms with Gasteiger partial charge in [0.05, 0.1) is 34.1 Å². The molecule has 8 heteroatoms. The number of anilines is 1. The third kappa shape index (κ3) is 3.83. The fourth-order valence-corrected chi connectivity index (χ4v) is 4.87. The van der Waals surface area contributed by atoms with Crippen LogP contribution >= 0.6 is 11.3 Å². The summed E-state index contributed by atoms with van der Waals surface area (Å²) in [5.74, 6) is -0.0275. The smallest absolute Gasteiger partial charge is 0.251 e. The van der Waals surface area contributed by atoms with Crippen molar-refractivity contribution in [2.24, 2.45) is 0 Å². The van der Waals surface area contributed by atoms with Gasteiger partial charge in [0, 0.05) is 12.6 Å². The topological polar surface area (TPSA) is 81.5 Å². The van der Waals surface area contributed by atoms with Crippen LogP contribution in [0.3, 0.4) is 0 Å². The normalized spacial score (nSPS) is 24.2. The minimum Gasteiger partial charge on any atom is -0.365 e. The van der Waals surface area contributed by atoms with Crippen LogP contribution in [-0.2, 0) is 9.53 Å². The molecule has 4 rings (SSSR count). The summed E-state index contributed by atoms with van der Waals surface area (Å²) >= 11 is 1.53. The van der Waals surface area contributed by atoms with Crippen molar-refractivity contribution < 1.29 is 9.53 Å². The number of likely N-dealkylation sites (tertiary alicyclic amines) is 1. The van der Waals surface area contributed by atoms with Gasteiger partial charge in [0.2, 0.25) is 0 Å². The number of carbonyl (C=O) groups is 1. The van der Waals surface area contributed by atoms with Gasteiger partial charge in [-0.2, -0.15) is 5.26 Å². The number of nitrogens with zero attached hydrogens (tertiary/aromatic N) is 4. The van der Waals surface area contributed by atoms with Gasteiger partial charge in [-0.3, -0.25) is 4.79 Å². The SMILES string of the molecule is C[C@@H]1CN(c2ccc(C#N)c3ncsc23)C[C@H](C(=O)NC2CCN(C)CC2)O1. The van der Waals surface area contributed by atoms with Gasteiger partial charge in [-0.05, 0) is 52.0 Å². The van der Waals surface area contributed by atoms with E-state index in [9.17, 15) is 10.1 Å². The fourth-order valence-electron chi connectivity index (χ4n) is 4.02. The average Bonchev–Trinajstić information content (AvgIpc) is 3.18. The molecule has 2 atom stereocenters. The molecule has 0 radical (unpaired) electrons. The quantitative estimate of drug-likeness (QED) is 0.850. The highest BCUT2D eigenvalue weighted by atomic mass is 32.1. The number of hydrogen-bond donors (Lipinski definition) is 1. The molecule has 0 spiro atoms. The first-order valence-corrected chi connectivity index (χ1v) is 10.6. The van der Waals surface area contributed by atoms with Gasteiger partial charge in [-0.25, -0.2) is 4.98 Å². The summed E-state index contributed by atoms with van der Waals surface area (Å²) in [6.07, 6.45) is 1.40. The second-order valence-corrected chi connectivity index (χ2v) is 8.56. The Bertz CT molecular complexity index is 900. The van der Waals surface area contributed by atoms with Crippen LogP contribution in [0.2, 0.25) is 0 Å². The van der Waals surface area contributed by atoms with Crippen LogP contribution in [0.5, 0.6) is 0 Å². The first-order chi connectivity index (χ1) is 13.5. The predicted octanol–water partition coefficient (Wildman–Crippen LogP) is 1.97. The maximum absolute atomic E-state index is 12.9. The number of aromatic nitrogens is 1. The molecule has 2 fully saturated rings. The van der Waals surface area contributed by atoms with Gasteiger partial charge in [0.15, 0.2) is 6.10 Å². The van der Waals surface area contributed by atoms with Crippen molar-refractivity contribution in [2.75, 3.05) is 38.1 Å². The zero-order chi connectivity index (χ0) is 19.7. The van der Waals surface area contributed by atoms with E-state index in [2.05, 4.69) is 33.2 Å². The molecular weight excluding hydrogens is 374 g/mol. The number of ether oxygens (including phenoxy) is 1. The van der Waals surface area contributed by atoms with E-state index < -0.39 is 6.10 Å². The summed E-state index contributed by atoms with van der Waals surface area (Å²) in [5, 5.41) is 12.5. The summed E-state index contributed by atoms with van der Waals surface area (Å²) in [7, 11) is 2.11. The van der Waals surface area contributed by atoms with Gasteiger partial charge in [-0.15, -0.1) is 11.3 Å². The first-order valence-electron chi connectivity index (χ1n) is 9.70. The number of benzene rings is 1. The highest BCUT2D eigenvalue weighted by Gasteiger charge is 2.33. The van der Waals surface area contributed by atoms with E-state index in [0.29, 0.717) is 18.7 Å². The number of hydrogen-bond acceptors (Lipinski definition) is 7. The Morgan fingerprint density at radius 1 is 1.36 bits per heavy atom. The van der Waals surface area contributed by atoms with Gasteiger partial charge >= 0.3 is 0 Å². The number of amides is 1. The molecule has 2 aliphatic rings. The molecule has 28 heavy (non-hydrogen) atoms. The van der Waals surface area contributed by atoms with E-state index in [0.717, 1.165) is 41.8 Å². The molecule has 2 aliphatic heterocycles. The van der Waals surface area contributed by atoms with Crippen LogP contribution in [-0.4, -0.2) is 67.3 Å². The number of nitriles is 1. The Kier molecular flexibility index (Phi) is 5.49. The average molecular weight is 400 g/mol. The highest BCUT2D eigenvalue weighted by molar-refractivity contribution is 7.17. The summed E-state index contributed by atoms with van der Waals surface area (Å²) in [6.45, 7) is 5.22. The Morgan fingerprint density at radius 2 is 2.14 bits per heavy atom. The number of carbonyl (C=O) groups excluding carboxylic acids is 1. The zero-order valence-corrected chi connectivity index (χ0v) is 17.0. The maximum Gasteiger partial charge on any atom is 0.251 e. The predicted molar refractivity (Wildman–Crippen MR) is 110 cm³/mol. The van der Waals surface area contributed by atoms with Gasteiger partial charge in [0.25, 0.3) is 5.91 Å². The largest absolute Gasteiger partial charge is 0.365 e. The number of piperidine rings is 1. The monoisotopic (exact) mass is 399 g/mol. The molecule has 2 aromatic rings. The lowest BCUT2D eigenvalue weighted by molar-refractivity contribution is -0.138. The Balaban J connectivity index is 1.50. The molecule has 0 bridgehead atoms. The molecule has 1 aromatic heterocycles. The van der Waals surface area contributed by atoms with Crippen molar-refractivity contribution in [1.29, 1.82) is 5.26 Å². The van der Waals surface area contributed by atoms with Gasteiger partial charge < -0.3 is 19.9 Å². The molecule has 3 heterocycles. The minimum absolute atomic E-state index is 0.0275. The van der Waals surface area contributed by atoms with Crippen LogP contribution in [0.25, 0.3) is 10.2 Å². The third-order valence-electron chi connectivity index (χ3n) is 5.54. The van der Waals surface area contributed by atoms with Crippen molar-refractivity contribution in [3.63, 3.8) is 0 Å². The van der Waals surface area contributed by atoms with Crippen LogP contribution in [0, 0.1) is 11.3 Å². The van der Waals surface area contributed by atoms with Crippen LogP contribution in [0.4, 0.5) is 5.69 Å². The van der Waals surface area contributed by atoms with E-state index in [4.69, 9.17) is 4.74 Å². The lowest BCUT2D eigenvalue weighted by atomic mass is 10.0. The standard InChI is InChI=1S/C20H25N5O2S/c1-13-10-25(16-4-3-14(9-21)18-19(16)28-12-22-18)11-17(27-13)20(26)23-15-5-7-24(2)8-6-15/h3-4,12-13,15,17H,5-8,10-11H2,1-2H3,(H,23,26)/t13-,17-/m1/s1. The van der Waals surface area contributed by atoms with Crippen molar-refractivity contribution >= 4 is 33.1 Å². The number of fused-ring (bicyclic) bond motifs is 1. The minimum atomic E-state index is -0.498. The summed E-state index contributed by atoms with van der Waals surface area (Å²) in [5.41, 5.74) is 4.10. The molecule has 0 saturated carbocycles. The second-order valence-electron chi connectivity index (χ2n) is 7.70. The summed E-state index contributed by atoms with van der Waals surface area (Å²) in [6, 6.07) is 6.20. The maximum atomic E-state index is 12.9. The fraction of sp³-hybridized carbons (Fsp3) is 0.550. The number of nitrogens with one attached hydrogen (secondary N) is 1. The van der Waals surface area contributed by atoms with Gasteiger partial charge in [0.1, 0.15) is 11.6 Å². The molecule has 0 unspecified atom stereocenters. The molecular formula is C20H25N5O2S. The number of morpholine rings is 1. The van der Waals surface area contributed by atoms with Crippen molar-refractivity contribution in [3.8, 4) is 6.07 Å². The summed E-state index contributed by atoms with van der Waals surface area (Å²) < 4.78 is 6.96. The molecule has 0 aliphatic carbocycles. The van der Waals surface area contributed by atoms with E-state index in [-0.39, 0.29) is 18.1 Å². The number of thiazole rings is 1. The molecule has 1 N–H and O–H groups in total. The molecule has 7 nitrogen and oxygen atoms in total. The van der Waals surface area contributed by atoms with E-state index in [1.807, 2.05) is 19.1 Å². The Labute approximate surface area is 168 Å². The third-order valence-corrected chi connectivity index (χ3v) is 6.39.